The van der Waals surface area contributed by atoms with Crippen LogP contribution < -0.4 is 27.4 Å². The van der Waals surface area contributed by atoms with Crippen molar-refractivity contribution in [2.75, 3.05) is 6.61 Å². The number of carboxylic acid groups (broad SMARTS) is 1. The van der Waals surface area contributed by atoms with Crippen molar-refractivity contribution >= 4 is 29.6 Å². The van der Waals surface area contributed by atoms with Crippen molar-refractivity contribution < 1.29 is 49.5 Å². The number of aliphatic hydroxyl groups is 4. The summed E-state index contributed by atoms with van der Waals surface area (Å²) in [5.41, 5.74) is 11.4. The molecule has 0 spiro atoms. The van der Waals surface area contributed by atoms with Crippen molar-refractivity contribution in [2.24, 2.45) is 17.4 Å². The van der Waals surface area contributed by atoms with Crippen LogP contribution in [0.3, 0.4) is 0 Å². The maximum absolute atomic E-state index is 12.8. The Labute approximate surface area is 230 Å². The number of amides is 4. The van der Waals surface area contributed by atoms with E-state index in [9.17, 15) is 49.5 Å². The van der Waals surface area contributed by atoms with Gasteiger partial charge in [0.25, 0.3) is 5.91 Å². The molecule has 12 N–H and O–H groups in total. The number of aliphatic carboxylic acids is 1. The van der Waals surface area contributed by atoms with Crippen LogP contribution in [0.1, 0.15) is 44.7 Å². The summed E-state index contributed by atoms with van der Waals surface area (Å²) in [4.78, 5) is 60.6. The van der Waals surface area contributed by atoms with E-state index in [0.29, 0.717) is 12.0 Å². The highest BCUT2D eigenvalue weighted by Crippen LogP contribution is 2.17. The number of carbonyl (C=O) groups is 5. The monoisotopic (exact) mass is 569 g/mol. The van der Waals surface area contributed by atoms with E-state index < -0.39 is 91.5 Å². The zero-order valence-electron chi connectivity index (χ0n) is 22.3. The van der Waals surface area contributed by atoms with E-state index in [1.165, 1.54) is 0 Å². The molecular formula is C25H39N5O10. The number of nitrogens with two attached hydrogens (primary N) is 2. The molecule has 1 aromatic rings. The number of rotatable bonds is 17. The number of aliphatic hydroxyl groups excluding tert-OH is 4. The lowest BCUT2D eigenvalue weighted by atomic mass is 9.98. The number of carboxylic acids is 1. The summed E-state index contributed by atoms with van der Waals surface area (Å²) in [7, 11) is 0. The van der Waals surface area contributed by atoms with Crippen LogP contribution in [-0.4, -0.2) is 98.2 Å². The first-order valence-electron chi connectivity index (χ1n) is 12.6. The molecule has 1 aromatic carbocycles. The van der Waals surface area contributed by atoms with Crippen molar-refractivity contribution in [1.29, 1.82) is 0 Å². The molecule has 4 amide bonds. The molecule has 0 saturated carbocycles. The molecule has 0 aliphatic carbocycles. The van der Waals surface area contributed by atoms with Crippen LogP contribution in [0.4, 0.5) is 0 Å². The van der Waals surface area contributed by atoms with E-state index in [-0.39, 0.29) is 5.92 Å². The minimum Gasteiger partial charge on any atom is -0.481 e. The number of benzene rings is 1. The minimum absolute atomic E-state index is 0.260. The molecule has 0 heterocycles. The Morgan fingerprint density at radius 3 is 1.98 bits per heavy atom. The van der Waals surface area contributed by atoms with Gasteiger partial charge in [-0.15, -0.1) is 0 Å². The average molecular weight is 570 g/mol. The minimum atomic E-state index is -2.31. The highest BCUT2D eigenvalue weighted by Gasteiger charge is 2.38. The third-order valence-electron chi connectivity index (χ3n) is 6.37. The number of nitrogens with one attached hydrogen (secondary N) is 3. The van der Waals surface area contributed by atoms with Crippen molar-refractivity contribution in [3.8, 4) is 0 Å². The molecule has 0 aromatic heterocycles. The van der Waals surface area contributed by atoms with Crippen molar-refractivity contribution in [3.05, 3.63) is 35.9 Å². The molecule has 0 saturated heterocycles. The van der Waals surface area contributed by atoms with Crippen LogP contribution >= 0.6 is 0 Å². The molecule has 40 heavy (non-hydrogen) atoms. The molecule has 0 aliphatic rings. The molecule has 0 fully saturated rings. The summed E-state index contributed by atoms with van der Waals surface area (Å²) >= 11 is 0. The first kappa shape index (κ1) is 34.4. The first-order valence-corrected chi connectivity index (χ1v) is 12.6. The van der Waals surface area contributed by atoms with Gasteiger partial charge >= 0.3 is 5.97 Å². The second-order valence-corrected chi connectivity index (χ2v) is 9.44. The number of hydrogen-bond acceptors (Lipinski definition) is 10. The van der Waals surface area contributed by atoms with Crippen LogP contribution in [0.5, 0.6) is 0 Å². The molecule has 0 bridgehead atoms. The smallest absolute Gasteiger partial charge is 0.305 e. The normalized spacial score (nSPS) is 17.2. The summed E-state index contributed by atoms with van der Waals surface area (Å²) in [6, 6.07) is 2.64. The van der Waals surface area contributed by atoms with Crippen LogP contribution in [-0.2, 0) is 24.0 Å². The summed E-state index contributed by atoms with van der Waals surface area (Å²) < 4.78 is 0. The summed E-state index contributed by atoms with van der Waals surface area (Å²) in [6.45, 7) is 2.51. The van der Waals surface area contributed by atoms with Gasteiger partial charge in [-0.1, -0.05) is 50.6 Å². The van der Waals surface area contributed by atoms with E-state index in [1.54, 1.807) is 44.2 Å². The fourth-order valence-electron chi connectivity index (χ4n) is 3.66. The SMILES string of the molecule is CCC(C)[C@H](N)C(=O)N[C@@H](CC(N)=O)C(=O)N[C@@H](CO)[C@@H](O)[C@@H](O)[C@H](O)C(=O)N[C@@H](CC(=O)O)c1ccccc1. The molecule has 1 unspecified atom stereocenters. The van der Waals surface area contributed by atoms with E-state index in [1.807, 2.05) is 0 Å². The standard InChI is InChI=1S/C25H39N5O10/c1-3-12(2)19(27)24(39)29-15(9-17(26)32)23(38)30-16(11-31)20(35)21(36)22(37)25(40)28-14(10-18(33)34)13-7-5-4-6-8-13/h4-8,12,14-16,19-22,31,35-37H,3,9-11,27H2,1-2H3,(H2,26,32)(H,28,40)(H,29,39)(H,30,38)(H,33,34)/t12?,14-,15-,16-,19-,20+,21+,22-/m0/s1. The molecule has 0 radical (unpaired) electrons. The Balaban J connectivity index is 2.97. The van der Waals surface area contributed by atoms with Crippen LogP contribution in [0.2, 0.25) is 0 Å². The zero-order chi connectivity index (χ0) is 30.6. The number of primary amides is 1. The highest BCUT2D eigenvalue weighted by atomic mass is 16.4. The van der Waals surface area contributed by atoms with Gasteiger partial charge in [-0.2, -0.15) is 0 Å². The van der Waals surface area contributed by atoms with E-state index >= 15 is 0 Å². The second kappa shape index (κ2) is 16.5. The number of hydrogen-bond donors (Lipinski definition) is 10. The second-order valence-electron chi connectivity index (χ2n) is 9.44. The lowest BCUT2D eigenvalue weighted by Crippen LogP contribution is -2.60. The average Bonchev–Trinajstić information content (AvgIpc) is 2.92. The van der Waals surface area contributed by atoms with E-state index in [4.69, 9.17) is 11.5 Å². The Morgan fingerprint density at radius 1 is 0.875 bits per heavy atom. The molecule has 1 rings (SSSR count). The summed E-state index contributed by atoms with van der Waals surface area (Å²) in [5, 5.41) is 56.9. The Morgan fingerprint density at radius 2 is 1.48 bits per heavy atom. The summed E-state index contributed by atoms with van der Waals surface area (Å²) in [6.07, 6.45) is -7.36. The van der Waals surface area contributed by atoms with Crippen LogP contribution in [0, 0.1) is 5.92 Å². The zero-order valence-corrected chi connectivity index (χ0v) is 22.3. The van der Waals surface area contributed by atoms with Gasteiger partial charge in [-0.25, -0.2) is 0 Å². The largest absolute Gasteiger partial charge is 0.481 e. The van der Waals surface area contributed by atoms with Crippen LogP contribution in [0.25, 0.3) is 0 Å². The molecule has 15 nitrogen and oxygen atoms in total. The lowest BCUT2D eigenvalue weighted by Gasteiger charge is -2.30. The van der Waals surface area contributed by atoms with Gasteiger partial charge in [-0.05, 0) is 11.5 Å². The molecule has 15 heteroatoms. The van der Waals surface area contributed by atoms with E-state index in [0.717, 1.165) is 0 Å². The van der Waals surface area contributed by atoms with Gasteiger partial charge in [0.15, 0.2) is 6.10 Å². The van der Waals surface area contributed by atoms with E-state index in [2.05, 4.69) is 16.0 Å². The molecule has 224 valence electrons. The van der Waals surface area contributed by atoms with Crippen molar-refractivity contribution in [1.82, 2.24) is 16.0 Å². The summed E-state index contributed by atoms with van der Waals surface area (Å²) in [5.74, 6) is -5.53. The molecular weight excluding hydrogens is 530 g/mol. The van der Waals surface area contributed by atoms with Gasteiger partial charge in [-0.3, -0.25) is 24.0 Å². The Bertz CT molecular complexity index is 1010. The Hall–Kier alpha value is -3.63. The van der Waals surface area contributed by atoms with Gasteiger partial charge in [0.05, 0.1) is 37.6 Å². The van der Waals surface area contributed by atoms with Crippen molar-refractivity contribution in [3.63, 3.8) is 0 Å². The van der Waals surface area contributed by atoms with Gasteiger partial charge in [0.2, 0.25) is 17.7 Å². The lowest BCUT2D eigenvalue weighted by molar-refractivity contribution is -0.145. The third-order valence-corrected chi connectivity index (χ3v) is 6.37. The van der Waals surface area contributed by atoms with Gasteiger partial charge < -0.3 is 53.0 Å². The van der Waals surface area contributed by atoms with Gasteiger partial charge in [0.1, 0.15) is 18.2 Å². The third kappa shape index (κ3) is 10.5. The fraction of sp³-hybridized carbons (Fsp3) is 0.560. The Kier molecular flexibility index (Phi) is 14.2. The first-order chi connectivity index (χ1) is 18.7. The molecule has 0 aliphatic heterocycles. The van der Waals surface area contributed by atoms with Crippen LogP contribution in [0.15, 0.2) is 30.3 Å². The highest BCUT2D eigenvalue weighted by molar-refractivity contribution is 5.93. The fourth-order valence-corrected chi connectivity index (χ4v) is 3.66. The topological polar surface area (TPSA) is 275 Å². The predicted octanol–water partition coefficient (Wildman–Crippen LogP) is -3.39. The predicted molar refractivity (Wildman–Crippen MR) is 140 cm³/mol. The molecule has 8 atom stereocenters. The maximum atomic E-state index is 12.8. The van der Waals surface area contributed by atoms with Gasteiger partial charge in [0, 0.05) is 0 Å². The van der Waals surface area contributed by atoms with Crippen molar-refractivity contribution in [2.45, 2.75) is 75.6 Å². The number of carbonyl (C=O) groups excluding carboxylic acids is 4. The quantitative estimate of drug-likeness (QED) is 0.0883. The maximum Gasteiger partial charge on any atom is 0.305 e.